The van der Waals surface area contributed by atoms with E-state index in [0.29, 0.717) is 26.1 Å². The van der Waals surface area contributed by atoms with Crippen molar-refractivity contribution in [2.75, 3.05) is 13.2 Å². The predicted molar refractivity (Wildman–Crippen MR) is 97.0 cm³/mol. The molecular formula is C22H22O4. The lowest BCUT2D eigenvalue weighted by Crippen LogP contribution is -2.56. The normalized spacial score (nSPS) is 30.0. The number of fused-ring (bicyclic) bond motifs is 1. The second-order valence-corrected chi connectivity index (χ2v) is 7.22. The second-order valence-electron chi connectivity index (χ2n) is 7.22. The molecule has 2 heterocycles. The zero-order valence-electron chi connectivity index (χ0n) is 14.6. The van der Waals surface area contributed by atoms with Crippen LogP contribution >= 0.6 is 0 Å². The molecule has 5 rings (SSSR count). The van der Waals surface area contributed by atoms with Crippen LogP contribution < -0.4 is 0 Å². The van der Waals surface area contributed by atoms with Crippen molar-refractivity contribution >= 4 is 5.57 Å². The van der Waals surface area contributed by atoms with Gasteiger partial charge in [-0.25, -0.2) is 4.89 Å². The third-order valence-electron chi connectivity index (χ3n) is 5.61. The summed E-state index contributed by atoms with van der Waals surface area (Å²) in [5.41, 5.74) is 2.86. The van der Waals surface area contributed by atoms with E-state index in [9.17, 15) is 0 Å². The Morgan fingerprint density at radius 1 is 0.808 bits per heavy atom. The summed E-state index contributed by atoms with van der Waals surface area (Å²) < 4.78 is 12.0. The van der Waals surface area contributed by atoms with Crippen molar-refractivity contribution in [1.29, 1.82) is 0 Å². The minimum Gasteiger partial charge on any atom is -0.381 e. The molecule has 2 atom stereocenters. The fourth-order valence-electron chi connectivity index (χ4n) is 4.14. The zero-order valence-corrected chi connectivity index (χ0v) is 14.6. The summed E-state index contributed by atoms with van der Waals surface area (Å²) in [4.78, 5) is 12.1. The van der Waals surface area contributed by atoms with Crippen molar-refractivity contribution in [3.05, 3.63) is 77.9 Å². The molecule has 2 aliphatic heterocycles. The van der Waals surface area contributed by atoms with E-state index in [4.69, 9.17) is 19.2 Å². The van der Waals surface area contributed by atoms with Crippen LogP contribution in [0.1, 0.15) is 30.4 Å². The van der Waals surface area contributed by atoms with Crippen molar-refractivity contribution in [3.63, 3.8) is 0 Å². The zero-order chi connectivity index (χ0) is 17.5. The van der Waals surface area contributed by atoms with Crippen molar-refractivity contribution in [1.82, 2.24) is 0 Å². The molecular weight excluding hydrogens is 328 g/mol. The van der Waals surface area contributed by atoms with E-state index in [1.807, 2.05) is 24.3 Å². The summed E-state index contributed by atoms with van der Waals surface area (Å²) in [6, 6.07) is 20.7. The van der Waals surface area contributed by atoms with Gasteiger partial charge >= 0.3 is 0 Å². The minimum absolute atomic E-state index is 0.188. The highest BCUT2D eigenvalue weighted by atomic mass is 17.3. The van der Waals surface area contributed by atoms with E-state index < -0.39 is 11.4 Å². The van der Waals surface area contributed by atoms with Gasteiger partial charge in [-0.2, -0.15) is 4.89 Å². The molecule has 0 radical (unpaired) electrons. The van der Waals surface area contributed by atoms with Crippen LogP contribution in [0.2, 0.25) is 0 Å². The molecule has 0 bridgehead atoms. The van der Waals surface area contributed by atoms with Crippen molar-refractivity contribution in [2.45, 2.75) is 36.8 Å². The Labute approximate surface area is 153 Å². The topological polar surface area (TPSA) is 36.9 Å². The number of benzene rings is 2. The van der Waals surface area contributed by atoms with Crippen molar-refractivity contribution < 1.29 is 19.2 Å². The molecule has 134 valence electrons. The molecule has 1 spiro atoms. The van der Waals surface area contributed by atoms with Crippen molar-refractivity contribution in [2.24, 2.45) is 0 Å². The van der Waals surface area contributed by atoms with Gasteiger partial charge in [0.05, 0.1) is 13.2 Å². The minimum atomic E-state index is -0.705. The Kier molecular flexibility index (Phi) is 3.94. The highest BCUT2D eigenvalue weighted by molar-refractivity contribution is 5.70. The Morgan fingerprint density at radius 3 is 2.23 bits per heavy atom. The lowest BCUT2D eigenvalue weighted by molar-refractivity contribution is -0.533. The summed E-state index contributed by atoms with van der Waals surface area (Å²) >= 11 is 0. The predicted octanol–water partition coefficient (Wildman–Crippen LogP) is 4.22. The van der Waals surface area contributed by atoms with Gasteiger partial charge in [0.1, 0.15) is 6.10 Å². The number of hydrogen-bond donors (Lipinski definition) is 0. The molecule has 0 amide bonds. The van der Waals surface area contributed by atoms with Gasteiger partial charge in [0.25, 0.3) is 0 Å². The van der Waals surface area contributed by atoms with Gasteiger partial charge in [0.15, 0.2) is 5.60 Å². The molecule has 2 saturated heterocycles. The van der Waals surface area contributed by atoms with Crippen LogP contribution in [0, 0.1) is 0 Å². The Hall–Kier alpha value is -1.98. The SMILES string of the molecule is C1=C(c2ccccc2)C[C@]2(c3ccccc3)OOC3(CCOCC3)O[C@H]12. The van der Waals surface area contributed by atoms with Crippen LogP contribution in [0.15, 0.2) is 66.7 Å². The summed E-state index contributed by atoms with van der Waals surface area (Å²) in [5.74, 6) is -0.705. The van der Waals surface area contributed by atoms with Gasteiger partial charge < -0.3 is 9.47 Å². The van der Waals surface area contributed by atoms with Crippen molar-refractivity contribution in [3.8, 4) is 0 Å². The first-order valence-corrected chi connectivity index (χ1v) is 9.24. The number of ether oxygens (including phenoxy) is 2. The lowest BCUT2D eigenvalue weighted by Gasteiger charge is -2.48. The van der Waals surface area contributed by atoms with Gasteiger partial charge in [-0.05, 0) is 22.8 Å². The summed E-state index contributed by atoms with van der Waals surface area (Å²) in [6.07, 6.45) is 4.11. The second kappa shape index (κ2) is 6.32. The maximum atomic E-state index is 6.54. The maximum absolute atomic E-state index is 6.54. The Morgan fingerprint density at radius 2 is 1.50 bits per heavy atom. The van der Waals surface area contributed by atoms with Gasteiger partial charge in [-0.3, -0.25) is 0 Å². The number of hydrogen-bond acceptors (Lipinski definition) is 4. The van der Waals surface area contributed by atoms with Crippen LogP contribution in [0.3, 0.4) is 0 Å². The maximum Gasteiger partial charge on any atom is 0.206 e. The Bertz CT molecular complexity index is 795. The molecule has 2 fully saturated rings. The van der Waals surface area contributed by atoms with Gasteiger partial charge in [-0.1, -0.05) is 60.7 Å². The number of rotatable bonds is 2. The molecule has 4 nitrogen and oxygen atoms in total. The van der Waals surface area contributed by atoms with Crippen LogP contribution in [-0.4, -0.2) is 25.1 Å². The summed E-state index contributed by atoms with van der Waals surface area (Å²) in [7, 11) is 0. The molecule has 0 saturated carbocycles. The third-order valence-corrected chi connectivity index (χ3v) is 5.61. The molecule has 3 aliphatic rings. The first-order valence-electron chi connectivity index (χ1n) is 9.24. The molecule has 2 aromatic rings. The van der Waals surface area contributed by atoms with Crippen LogP contribution in [-0.2, 0) is 24.8 Å². The van der Waals surface area contributed by atoms with Crippen LogP contribution in [0.25, 0.3) is 5.57 Å². The van der Waals surface area contributed by atoms with Gasteiger partial charge in [0, 0.05) is 19.3 Å². The van der Waals surface area contributed by atoms with Crippen LogP contribution in [0.5, 0.6) is 0 Å². The molecule has 4 heteroatoms. The van der Waals surface area contributed by atoms with E-state index >= 15 is 0 Å². The molecule has 1 aliphatic carbocycles. The average Bonchev–Trinajstić information content (AvgIpc) is 3.10. The molecule has 2 aromatic carbocycles. The molecule has 0 N–H and O–H groups in total. The lowest BCUT2D eigenvalue weighted by atomic mass is 9.87. The quantitative estimate of drug-likeness (QED) is 0.760. The van der Waals surface area contributed by atoms with E-state index in [-0.39, 0.29) is 6.10 Å². The van der Waals surface area contributed by atoms with E-state index in [2.05, 4.69) is 42.5 Å². The largest absolute Gasteiger partial charge is 0.381 e. The van der Waals surface area contributed by atoms with E-state index in [0.717, 1.165) is 12.0 Å². The standard InChI is InChI=1S/C22H22O4/c1-3-7-17(8-4-1)18-15-20-22(16-18,19-9-5-2-6-10-19)26-25-21(24-20)11-13-23-14-12-21/h1-10,15,20H,11-14,16H2/t20-,22-/m1/s1. The summed E-state index contributed by atoms with van der Waals surface area (Å²) in [5, 5.41) is 0. The fourth-order valence-corrected chi connectivity index (χ4v) is 4.14. The fraction of sp³-hybridized carbons (Fsp3) is 0.364. The van der Waals surface area contributed by atoms with Gasteiger partial charge in [-0.15, -0.1) is 0 Å². The third kappa shape index (κ3) is 2.61. The highest BCUT2D eigenvalue weighted by Crippen LogP contribution is 2.52. The van der Waals surface area contributed by atoms with E-state index in [1.165, 1.54) is 11.1 Å². The first-order chi connectivity index (χ1) is 12.8. The Balaban J connectivity index is 1.54. The highest BCUT2D eigenvalue weighted by Gasteiger charge is 2.57. The van der Waals surface area contributed by atoms with E-state index in [1.54, 1.807) is 0 Å². The molecule has 26 heavy (non-hydrogen) atoms. The average molecular weight is 350 g/mol. The first kappa shape index (κ1) is 16.2. The van der Waals surface area contributed by atoms with Crippen LogP contribution in [0.4, 0.5) is 0 Å². The molecule has 0 unspecified atom stereocenters. The summed E-state index contributed by atoms with van der Waals surface area (Å²) in [6.45, 7) is 1.26. The molecule has 0 aromatic heterocycles. The van der Waals surface area contributed by atoms with Gasteiger partial charge in [0.2, 0.25) is 5.79 Å². The monoisotopic (exact) mass is 350 g/mol. The smallest absolute Gasteiger partial charge is 0.206 e.